The molecule has 1 heterocycles. The van der Waals surface area contributed by atoms with Crippen molar-refractivity contribution in [1.29, 1.82) is 0 Å². The van der Waals surface area contributed by atoms with Crippen molar-refractivity contribution in [1.82, 2.24) is 9.97 Å². The maximum atomic E-state index is 13.2. The van der Waals surface area contributed by atoms with Crippen molar-refractivity contribution in [3.05, 3.63) is 51.6 Å². The molecule has 0 aliphatic carbocycles. The Morgan fingerprint density at radius 2 is 2.11 bits per heavy atom. The molecule has 1 aromatic carbocycles. The van der Waals surface area contributed by atoms with E-state index in [0.717, 1.165) is 6.07 Å². The lowest BCUT2D eigenvalue weighted by Crippen LogP contribution is -2.13. The van der Waals surface area contributed by atoms with Gasteiger partial charge in [-0.1, -0.05) is 11.6 Å². The molecule has 0 radical (unpaired) electrons. The Kier molecular flexibility index (Phi) is 3.88. The highest BCUT2D eigenvalue weighted by molar-refractivity contribution is 9.10. The zero-order valence-electron chi connectivity index (χ0n) is 8.82. The highest BCUT2D eigenvalue weighted by Gasteiger charge is 2.09. The number of halogens is 3. The lowest BCUT2D eigenvalue weighted by molar-refractivity contribution is 0.102. The van der Waals surface area contributed by atoms with Gasteiger partial charge >= 0.3 is 0 Å². The van der Waals surface area contributed by atoms with E-state index in [0.29, 0.717) is 4.60 Å². The van der Waals surface area contributed by atoms with Crippen LogP contribution in [0.25, 0.3) is 0 Å². The van der Waals surface area contributed by atoms with Crippen molar-refractivity contribution >= 4 is 39.3 Å². The fourth-order valence-electron chi connectivity index (χ4n) is 1.20. The van der Waals surface area contributed by atoms with Crippen LogP contribution in [0.1, 0.15) is 10.4 Å². The van der Waals surface area contributed by atoms with Gasteiger partial charge in [-0.15, -0.1) is 0 Å². The molecule has 0 unspecified atom stereocenters. The summed E-state index contributed by atoms with van der Waals surface area (Å²) in [6.45, 7) is 0. The Morgan fingerprint density at radius 3 is 2.72 bits per heavy atom. The van der Waals surface area contributed by atoms with Gasteiger partial charge in [0.2, 0.25) is 0 Å². The number of nitrogens with one attached hydrogen (secondary N) is 1. The van der Waals surface area contributed by atoms with Crippen molar-refractivity contribution in [2.75, 3.05) is 5.32 Å². The van der Waals surface area contributed by atoms with E-state index < -0.39 is 11.7 Å². The normalized spacial score (nSPS) is 10.2. The zero-order valence-corrected chi connectivity index (χ0v) is 11.2. The molecule has 1 amide bonds. The Bertz CT molecular complexity index is 591. The number of anilines is 1. The first-order valence-electron chi connectivity index (χ1n) is 4.80. The van der Waals surface area contributed by atoms with Crippen LogP contribution in [0, 0.1) is 5.82 Å². The molecule has 0 aliphatic heterocycles. The van der Waals surface area contributed by atoms with Crippen molar-refractivity contribution in [2.24, 2.45) is 0 Å². The molecule has 7 heteroatoms. The fraction of sp³-hybridized carbons (Fsp3) is 0. The van der Waals surface area contributed by atoms with Gasteiger partial charge in [0.25, 0.3) is 5.91 Å². The summed E-state index contributed by atoms with van der Waals surface area (Å²) in [6.07, 6.45) is 2.83. The van der Waals surface area contributed by atoms with Gasteiger partial charge in [0, 0.05) is 5.56 Å². The van der Waals surface area contributed by atoms with Gasteiger partial charge in [-0.25, -0.2) is 14.4 Å². The predicted octanol–water partition coefficient (Wildman–Crippen LogP) is 3.28. The molecule has 1 aromatic heterocycles. The van der Waals surface area contributed by atoms with Gasteiger partial charge in [-0.3, -0.25) is 4.79 Å². The summed E-state index contributed by atoms with van der Waals surface area (Å²) >= 11 is 8.65. The molecule has 0 fully saturated rings. The predicted molar refractivity (Wildman–Crippen MR) is 69.1 cm³/mol. The number of aromatic nitrogens is 2. The van der Waals surface area contributed by atoms with Crippen LogP contribution in [0.5, 0.6) is 0 Å². The van der Waals surface area contributed by atoms with E-state index in [1.54, 1.807) is 0 Å². The molecular weight excluding hydrogens is 324 g/mol. The van der Waals surface area contributed by atoms with E-state index in [1.807, 2.05) is 0 Å². The summed E-state index contributed by atoms with van der Waals surface area (Å²) in [4.78, 5) is 19.6. The molecular formula is C11H6BrClFN3O. The topological polar surface area (TPSA) is 54.9 Å². The molecule has 0 atom stereocenters. The Hall–Kier alpha value is -1.53. The van der Waals surface area contributed by atoms with Crippen LogP contribution in [0.4, 0.5) is 10.2 Å². The van der Waals surface area contributed by atoms with Crippen LogP contribution >= 0.6 is 27.5 Å². The van der Waals surface area contributed by atoms with Gasteiger partial charge in [0.05, 0.1) is 17.4 Å². The van der Waals surface area contributed by atoms with Crippen molar-refractivity contribution < 1.29 is 9.18 Å². The maximum Gasteiger partial charge on any atom is 0.256 e. The van der Waals surface area contributed by atoms with Crippen molar-refractivity contribution in [2.45, 2.75) is 0 Å². The van der Waals surface area contributed by atoms with Gasteiger partial charge in [0.15, 0.2) is 5.82 Å². The molecule has 2 aromatic rings. The first-order valence-corrected chi connectivity index (χ1v) is 5.97. The molecule has 0 spiro atoms. The maximum absolute atomic E-state index is 13.2. The molecule has 0 aliphatic rings. The summed E-state index contributed by atoms with van der Waals surface area (Å²) in [6, 6.07) is 3.80. The highest BCUT2D eigenvalue weighted by Crippen LogP contribution is 2.16. The molecule has 4 nitrogen and oxygen atoms in total. The van der Waals surface area contributed by atoms with Gasteiger partial charge < -0.3 is 5.32 Å². The highest BCUT2D eigenvalue weighted by atomic mass is 79.9. The van der Waals surface area contributed by atoms with E-state index in [4.69, 9.17) is 11.6 Å². The first kappa shape index (κ1) is 12.9. The average molecular weight is 331 g/mol. The Balaban J connectivity index is 2.16. The van der Waals surface area contributed by atoms with Gasteiger partial charge in [0.1, 0.15) is 10.4 Å². The van der Waals surface area contributed by atoms with E-state index in [1.165, 1.54) is 24.5 Å². The zero-order chi connectivity index (χ0) is 13.1. The number of rotatable bonds is 2. The lowest BCUT2D eigenvalue weighted by Gasteiger charge is -2.04. The molecule has 0 saturated heterocycles. The summed E-state index contributed by atoms with van der Waals surface area (Å²) in [5, 5.41) is 2.46. The number of amides is 1. The van der Waals surface area contributed by atoms with E-state index in [-0.39, 0.29) is 16.4 Å². The number of benzene rings is 1. The van der Waals surface area contributed by atoms with Crippen molar-refractivity contribution in [3.63, 3.8) is 0 Å². The number of hydrogen-bond acceptors (Lipinski definition) is 3. The van der Waals surface area contributed by atoms with Crippen LogP contribution in [-0.4, -0.2) is 15.9 Å². The Labute approximate surface area is 115 Å². The molecule has 0 bridgehead atoms. The molecule has 1 N–H and O–H groups in total. The van der Waals surface area contributed by atoms with Crippen LogP contribution in [0.15, 0.2) is 35.2 Å². The van der Waals surface area contributed by atoms with Crippen molar-refractivity contribution in [3.8, 4) is 0 Å². The van der Waals surface area contributed by atoms with E-state index in [2.05, 4.69) is 31.2 Å². The lowest BCUT2D eigenvalue weighted by atomic mass is 10.2. The fourth-order valence-corrected chi connectivity index (χ4v) is 1.52. The minimum atomic E-state index is -0.647. The minimum absolute atomic E-state index is 0.0324. The standard InChI is InChI=1S/C11H6BrClFN3O/c12-9-4-16-10(5-15-9)17-11(18)6-1-2-7(13)8(14)3-6/h1-5H,(H,16,17,18). The molecule has 2 rings (SSSR count). The minimum Gasteiger partial charge on any atom is -0.305 e. The third-order valence-electron chi connectivity index (χ3n) is 2.04. The molecule has 0 saturated carbocycles. The van der Waals surface area contributed by atoms with E-state index >= 15 is 0 Å². The largest absolute Gasteiger partial charge is 0.305 e. The number of carbonyl (C=O) groups is 1. The quantitative estimate of drug-likeness (QED) is 0.919. The van der Waals surface area contributed by atoms with Gasteiger partial charge in [-0.2, -0.15) is 0 Å². The van der Waals surface area contributed by atoms with E-state index in [9.17, 15) is 9.18 Å². The Morgan fingerprint density at radius 1 is 1.33 bits per heavy atom. The number of carbonyl (C=O) groups excluding carboxylic acids is 1. The summed E-state index contributed by atoms with van der Waals surface area (Å²) in [5.74, 6) is -0.855. The third-order valence-corrected chi connectivity index (χ3v) is 2.76. The number of nitrogens with zero attached hydrogens (tertiary/aromatic N) is 2. The monoisotopic (exact) mass is 329 g/mol. The summed E-state index contributed by atoms with van der Waals surface area (Å²) in [7, 11) is 0. The summed E-state index contributed by atoms with van der Waals surface area (Å²) in [5.41, 5.74) is 0.154. The average Bonchev–Trinajstić information content (AvgIpc) is 2.35. The smallest absolute Gasteiger partial charge is 0.256 e. The molecule has 18 heavy (non-hydrogen) atoms. The SMILES string of the molecule is O=C(Nc1cnc(Br)cn1)c1ccc(Cl)c(F)c1. The van der Waals surface area contributed by atoms with Crippen LogP contribution in [0.2, 0.25) is 5.02 Å². The molecule has 92 valence electrons. The van der Waals surface area contributed by atoms with Crippen LogP contribution < -0.4 is 5.32 Å². The second kappa shape index (κ2) is 5.41. The third kappa shape index (κ3) is 3.02. The van der Waals surface area contributed by atoms with Crippen LogP contribution in [0.3, 0.4) is 0 Å². The number of hydrogen-bond donors (Lipinski definition) is 1. The summed E-state index contributed by atoms with van der Waals surface area (Å²) < 4.78 is 13.7. The van der Waals surface area contributed by atoms with Gasteiger partial charge in [-0.05, 0) is 34.1 Å². The second-order valence-corrected chi connectivity index (χ2v) is 4.53. The second-order valence-electron chi connectivity index (χ2n) is 3.31. The first-order chi connectivity index (χ1) is 8.56. The van der Waals surface area contributed by atoms with Crippen LogP contribution in [-0.2, 0) is 0 Å².